The first kappa shape index (κ1) is 10.8. The molecule has 7 nitrogen and oxygen atoms in total. The van der Waals surface area contributed by atoms with Gasteiger partial charge in [0, 0.05) is 17.7 Å². The zero-order valence-electron chi connectivity index (χ0n) is 8.40. The first-order valence-corrected chi connectivity index (χ1v) is 4.56. The van der Waals surface area contributed by atoms with Crippen molar-refractivity contribution in [2.75, 3.05) is 0 Å². The second-order valence-corrected chi connectivity index (χ2v) is 3.20. The van der Waals surface area contributed by atoms with E-state index in [0.29, 0.717) is 11.3 Å². The molecule has 0 aliphatic rings. The normalized spacial score (nSPS) is 10.1. The van der Waals surface area contributed by atoms with Gasteiger partial charge in [-0.3, -0.25) is 20.2 Å². The molecule has 0 amide bonds. The van der Waals surface area contributed by atoms with Gasteiger partial charge in [0.05, 0.1) is 16.1 Å². The number of hydrogen-bond donors (Lipinski definition) is 0. The van der Waals surface area contributed by atoms with Crippen molar-refractivity contribution in [3.63, 3.8) is 0 Å². The van der Waals surface area contributed by atoms with Gasteiger partial charge in [-0.25, -0.2) is 0 Å². The smallest absolute Gasteiger partial charge is 0.346 e. The molecule has 7 heteroatoms. The molecular formula is C10H6N2O5. The van der Waals surface area contributed by atoms with Gasteiger partial charge in [-0.1, -0.05) is 0 Å². The Morgan fingerprint density at radius 2 is 1.71 bits per heavy atom. The molecule has 2 aromatic rings. The number of nitro groups is 2. The fraction of sp³-hybridized carbons (Fsp3) is 0. The third-order valence-corrected chi connectivity index (χ3v) is 2.17. The van der Waals surface area contributed by atoms with E-state index >= 15 is 0 Å². The molecule has 1 aromatic carbocycles. The molecule has 0 N–H and O–H groups in total. The Labute approximate surface area is 94.6 Å². The molecule has 0 bridgehead atoms. The minimum atomic E-state index is -0.788. The zero-order chi connectivity index (χ0) is 12.4. The van der Waals surface area contributed by atoms with Gasteiger partial charge in [0.2, 0.25) is 0 Å². The molecule has 0 spiro atoms. The van der Waals surface area contributed by atoms with Gasteiger partial charge >= 0.3 is 11.4 Å². The van der Waals surface area contributed by atoms with Crippen molar-refractivity contribution < 1.29 is 14.3 Å². The lowest BCUT2D eigenvalue weighted by Crippen LogP contribution is -1.96. The number of nitrogens with zero attached hydrogens (tertiary/aromatic N) is 2. The van der Waals surface area contributed by atoms with Crippen LogP contribution in [0.4, 0.5) is 11.4 Å². The fourth-order valence-corrected chi connectivity index (χ4v) is 1.42. The molecule has 0 unspecified atom stereocenters. The van der Waals surface area contributed by atoms with Crippen LogP contribution in [-0.2, 0) is 0 Å². The Kier molecular flexibility index (Phi) is 2.57. The van der Waals surface area contributed by atoms with Crippen molar-refractivity contribution in [1.29, 1.82) is 0 Å². The highest BCUT2D eigenvalue weighted by Gasteiger charge is 2.24. The van der Waals surface area contributed by atoms with Crippen LogP contribution in [0.2, 0.25) is 0 Å². The third-order valence-electron chi connectivity index (χ3n) is 2.17. The van der Waals surface area contributed by atoms with E-state index in [4.69, 9.17) is 4.42 Å². The van der Waals surface area contributed by atoms with Gasteiger partial charge in [-0.05, 0) is 18.2 Å². The highest BCUT2D eigenvalue weighted by molar-refractivity contribution is 5.66. The third kappa shape index (κ3) is 1.98. The van der Waals surface area contributed by atoms with Crippen molar-refractivity contribution >= 4 is 11.4 Å². The van der Waals surface area contributed by atoms with Gasteiger partial charge in [0.25, 0.3) is 0 Å². The Balaban J connectivity index is 2.57. The number of hydrogen-bond acceptors (Lipinski definition) is 5. The topological polar surface area (TPSA) is 99.4 Å². The summed E-state index contributed by atoms with van der Waals surface area (Å²) in [5.41, 5.74) is -0.665. The summed E-state index contributed by atoms with van der Waals surface area (Å²) in [4.78, 5) is 19.7. The van der Waals surface area contributed by atoms with Crippen molar-refractivity contribution in [3.05, 3.63) is 56.8 Å². The van der Waals surface area contributed by atoms with Crippen LogP contribution in [0.15, 0.2) is 41.0 Å². The average molecular weight is 234 g/mol. The number of nitro benzene ring substituents is 2. The van der Waals surface area contributed by atoms with Gasteiger partial charge in [0.1, 0.15) is 5.76 Å². The van der Waals surface area contributed by atoms with Crippen LogP contribution >= 0.6 is 0 Å². The molecule has 1 heterocycles. The molecule has 0 aliphatic carbocycles. The number of furan rings is 1. The highest BCUT2D eigenvalue weighted by atomic mass is 16.6. The summed E-state index contributed by atoms with van der Waals surface area (Å²) < 4.78 is 5.06. The summed E-state index contributed by atoms with van der Waals surface area (Å²) >= 11 is 0. The summed E-state index contributed by atoms with van der Waals surface area (Å²) in [6.45, 7) is 0. The Hall–Kier alpha value is -2.70. The fourth-order valence-electron chi connectivity index (χ4n) is 1.42. The second-order valence-electron chi connectivity index (χ2n) is 3.20. The molecule has 1 aromatic heterocycles. The quantitative estimate of drug-likeness (QED) is 0.600. The number of benzene rings is 1. The van der Waals surface area contributed by atoms with Gasteiger partial charge in [0.15, 0.2) is 0 Å². The van der Waals surface area contributed by atoms with Crippen LogP contribution in [0.25, 0.3) is 11.3 Å². The lowest BCUT2D eigenvalue weighted by molar-refractivity contribution is -0.422. The molecule has 0 fully saturated rings. The van der Waals surface area contributed by atoms with Crippen LogP contribution in [0, 0.1) is 20.2 Å². The summed E-state index contributed by atoms with van der Waals surface area (Å²) in [6.07, 6.45) is 1.42. The first-order chi connectivity index (χ1) is 8.09. The van der Waals surface area contributed by atoms with Gasteiger partial charge in [-0.2, -0.15) is 0 Å². The van der Waals surface area contributed by atoms with E-state index in [2.05, 4.69) is 0 Å². The summed E-state index contributed by atoms with van der Waals surface area (Å²) in [5.74, 6) is 0.419. The standard InChI is InChI=1S/C10H6N2O5/c13-11(14)8-4-3-7(6-9(8)12(15)16)10-2-1-5-17-10/h1-6H. The lowest BCUT2D eigenvalue weighted by atomic mass is 10.1. The molecule has 0 atom stereocenters. The molecule has 0 saturated heterocycles. The predicted octanol–water partition coefficient (Wildman–Crippen LogP) is 2.76. The maximum atomic E-state index is 10.7. The van der Waals surface area contributed by atoms with Gasteiger partial charge < -0.3 is 4.42 Å². The molecule has 17 heavy (non-hydrogen) atoms. The minimum absolute atomic E-state index is 0.419. The molecular weight excluding hydrogens is 228 g/mol. The van der Waals surface area contributed by atoms with Crippen LogP contribution < -0.4 is 0 Å². The number of rotatable bonds is 3. The maximum absolute atomic E-state index is 10.7. The SMILES string of the molecule is O=[N+]([O-])c1ccc(-c2ccco2)cc1[N+](=O)[O-]. The van der Waals surface area contributed by atoms with Crippen molar-refractivity contribution in [2.24, 2.45) is 0 Å². The monoisotopic (exact) mass is 234 g/mol. The van der Waals surface area contributed by atoms with Crippen LogP contribution in [-0.4, -0.2) is 9.85 Å². The summed E-state index contributed by atoms with van der Waals surface area (Å²) in [7, 11) is 0. The largest absolute Gasteiger partial charge is 0.464 e. The zero-order valence-corrected chi connectivity index (χ0v) is 8.40. The first-order valence-electron chi connectivity index (χ1n) is 4.56. The van der Waals surface area contributed by atoms with E-state index < -0.39 is 21.2 Å². The van der Waals surface area contributed by atoms with Crippen LogP contribution in [0.1, 0.15) is 0 Å². The molecule has 0 radical (unpaired) electrons. The van der Waals surface area contributed by atoms with E-state index in [1.165, 1.54) is 12.3 Å². The Morgan fingerprint density at radius 1 is 1.00 bits per heavy atom. The lowest BCUT2D eigenvalue weighted by Gasteiger charge is -1.98. The summed E-state index contributed by atoms with van der Waals surface area (Å²) in [5, 5.41) is 21.3. The van der Waals surface area contributed by atoms with Gasteiger partial charge in [-0.15, -0.1) is 0 Å². The van der Waals surface area contributed by atoms with Crippen molar-refractivity contribution in [1.82, 2.24) is 0 Å². The molecule has 2 rings (SSSR count). The van der Waals surface area contributed by atoms with Crippen LogP contribution in [0.3, 0.4) is 0 Å². The maximum Gasteiger partial charge on any atom is 0.346 e. The average Bonchev–Trinajstić information content (AvgIpc) is 2.81. The summed E-state index contributed by atoms with van der Waals surface area (Å²) in [6, 6.07) is 6.87. The second kappa shape index (κ2) is 4.05. The molecule has 0 aliphatic heterocycles. The van der Waals surface area contributed by atoms with Crippen molar-refractivity contribution in [2.45, 2.75) is 0 Å². The van der Waals surface area contributed by atoms with Crippen LogP contribution in [0.5, 0.6) is 0 Å². The Morgan fingerprint density at radius 3 is 2.24 bits per heavy atom. The van der Waals surface area contributed by atoms with E-state index in [1.54, 1.807) is 12.1 Å². The Bertz CT molecular complexity index is 576. The van der Waals surface area contributed by atoms with Crippen molar-refractivity contribution in [3.8, 4) is 11.3 Å². The highest BCUT2D eigenvalue weighted by Crippen LogP contribution is 2.31. The predicted molar refractivity (Wildman–Crippen MR) is 57.5 cm³/mol. The molecule has 86 valence electrons. The minimum Gasteiger partial charge on any atom is -0.464 e. The van der Waals surface area contributed by atoms with E-state index in [-0.39, 0.29) is 0 Å². The van der Waals surface area contributed by atoms with E-state index in [0.717, 1.165) is 12.1 Å². The van der Waals surface area contributed by atoms with E-state index in [1.807, 2.05) is 0 Å². The molecule has 0 saturated carbocycles. The van der Waals surface area contributed by atoms with E-state index in [9.17, 15) is 20.2 Å².